The average molecular weight is 317 g/mol. The van der Waals surface area contributed by atoms with Crippen LogP contribution in [0, 0.1) is 0 Å². The van der Waals surface area contributed by atoms with Crippen molar-refractivity contribution in [3.05, 3.63) is 30.5 Å². The molecule has 0 saturated carbocycles. The number of benzene rings is 1. The molecule has 0 bridgehead atoms. The van der Waals surface area contributed by atoms with Crippen molar-refractivity contribution in [3.8, 4) is 0 Å². The fourth-order valence-corrected chi connectivity index (χ4v) is 2.85. The summed E-state index contributed by atoms with van der Waals surface area (Å²) in [5.74, 6) is 0. The van der Waals surface area contributed by atoms with Crippen LogP contribution < -0.4 is 10.6 Å². The van der Waals surface area contributed by atoms with Crippen LogP contribution in [0.3, 0.4) is 0 Å². The molecule has 0 unspecified atom stereocenters. The van der Waals surface area contributed by atoms with Crippen LogP contribution in [-0.2, 0) is 16.0 Å². The summed E-state index contributed by atoms with van der Waals surface area (Å²) in [6.07, 6.45) is 4.27. The van der Waals surface area contributed by atoms with Crippen molar-refractivity contribution < 1.29 is 14.3 Å². The van der Waals surface area contributed by atoms with Gasteiger partial charge in [0.2, 0.25) is 0 Å². The number of nitrogens with zero attached hydrogens (tertiary/aromatic N) is 1. The van der Waals surface area contributed by atoms with E-state index >= 15 is 0 Å². The molecule has 2 heterocycles. The van der Waals surface area contributed by atoms with Crippen LogP contribution in [0.5, 0.6) is 0 Å². The Bertz CT molecular complexity index is 662. The van der Waals surface area contributed by atoms with E-state index in [0.29, 0.717) is 13.2 Å². The second-order valence-corrected chi connectivity index (χ2v) is 5.75. The Morgan fingerprint density at radius 1 is 1.43 bits per heavy atom. The smallest absolute Gasteiger partial charge is 0.319 e. The summed E-state index contributed by atoms with van der Waals surface area (Å²) in [6.45, 7) is 2.84. The van der Waals surface area contributed by atoms with Gasteiger partial charge in [-0.3, -0.25) is 0 Å². The van der Waals surface area contributed by atoms with Crippen LogP contribution in [0.1, 0.15) is 12.8 Å². The Hall–Kier alpha value is -2.05. The monoisotopic (exact) mass is 317 g/mol. The number of anilines is 1. The summed E-state index contributed by atoms with van der Waals surface area (Å²) in [4.78, 5) is 12.0. The Morgan fingerprint density at radius 3 is 3.13 bits per heavy atom. The lowest BCUT2D eigenvalue weighted by Gasteiger charge is -2.12. The predicted molar refractivity (Wildman–Crippen MR) is 89.8 cm³/mol. The highest BCUT2D eigenvalue weighted by atomic mass is 16.5. The Morgan fingerprint density at radius 2 is 2.35 bits per heavy atom. The van der Waals surface area contributed by atoms with E-state index in [9.17, 15) is 4.79 Å². The van der Waals surface area contributed by atoms with Gasteiger partial charge in [0.1, 0.15) is 0 Å². The molecule has 0 spiro atoms. The van der Waals surface area contributed by atoms with E-state index in [-0.39, 0.29) is 12.1 Å². The van der Waals surface area contributed by atoms with Crippen molar-refractivity contribution in [1.82, 2.24) is 9.88 Å². The number of aromatic nitrogens is 1. The second kappa shape index (κ2) is 7.48. The first kappa shape index (κ1) is 15.8. The summed E-state index contributed by atoms with van der Waals surface area (Å²) in [7, 11) is 1.70. The molecule has 1 saturated heterocycles. The second-order valence-electron chi connectivity index (χ2n) is 5.75. The molecule has 1 fully saturated rings. The van der Waals surface area contributed by atoms with E-state index in [1.807, 2.05) is 30.5 Å². The summed E-state index contributed by atoms with van der Waals surface area (Å²) in [6, 6.07) is 7.75. The van der Waals surface area contributed by atoms with Gasteiger partial charge in [-0.2, -0.15) is 0 Å². The molecule has 1 aromatic heterocycles. The number of hydrogen-bond donors (Lipinski definition) is 2. The summed E-state index contributed by atoms with van der Waals surface area (Å²) >= 11 is 0. The van der Waals surface area contributed by atoms with E-state index in [0.717, 1.165) is 42.6 Å². The van der Waals surface area contributed by atoms with Gasteiger partial charge in [0, 0.05) is 49.6 Å². The molecule has 2 amide bonds. The van der Waals surface area contributed by atoms with Crippen molar-refractivity contribution in [1.29, 1.82) is 0 Å². The van der Waals surface area contributed by atoms with Crippen LogP contribution in [0.2, 0.25) is 0 Å². The van der Waals surface area contributed by atoms with Crippen molar-refractivity contribution >= 4 is 22.6 Å². The van der Waals surface area contributed by atoms with Gasteiger partial charge in [-0.1, -0.05) is 0 Å². The number of hydrogen-bond acceptors (Lipinski definition) is 3. The molecule has 2 N–H and O–H groups in total. The molecule has 124 valence electrons. The topological polar surface area (TPSA) is 64.5 Å². The predicted octanol–water partition coefficient (Wildman–Crippen LogP) is 2.59. The van der Waals surface area contributed by atoms with Gasteiger partial charge in [0.05, 0.1) is 12.7 Å². The highest BCUT2D eigenvalue weighted by molar-refractivity contribution is 5.92. The molecule has 0 aliphatic carbocycles. The van der Waals surface area contributed by atoms with Gasteiger partial charge in [-0.05, 0) is 37.1 Å². The first-order valence-corrected chi connectivity index (χ1v) is 8.00. The van der Waals surface area contributed by atoms with Gasteiger partial charge < -0.3 is 24.7 Å². The maximum absolute atomic E-state index is 12.0. The van der Waals surface area contributed by atoms with Crippen molar-refractivity contribution in [2.75, 3.05) is 32.2 Å². The zero-order valence-electron chi connectivity index (χ0n) is 13.4. The number of carbonyl (C=O) groups excluding carboxylic acids is 1. The van der Waals surface area contributed by atoms with E-state index in [4.69, 9.17) is 9.47 Å². The minimum absolute atomic E-state index is 0.151. The molecule has 1 aliphatic heterocycles. The maximum Gasteiger partial charge on any atom is 0.319 e. The molecule has 6 heteroatoms. The normalized spacial score (nSPS) is 17.5. The van der Waals surface area contributed by atoms with Crippen molar-refractivity contribution in [3.63, 3.8) is 0 Å². The number of carbonyl (C=O) groups is 1. The highest BCUT2D eigenvalue weighted by Crippen LogP contribution is 2.20. The number of methoxy groups -OCH3 is 1. The van der Waals surface area contributed by atoms with E-state index in [1.54, 1.807) is 7.11 Å². The van der Waals surface area contributed by atoms with E-state index < -0.39 is 0 Å². The van der Waals surface area contributed by atoms with Crippen LogP contribution >= 0.6 is 0 Å². The molecule has 6 nitrogen and oxygen atoms in total. The molecular weight excluding hydrogens is 294 g/mol. The van der Waals surface area contributed by atoms with Gasteiger partial charge in [-0.25, -0.2) is 4.79 Å². The largest absolute Gasteiger partial charge is 0.383 e. The Kier molecular flexibility index (Phi) is 5.15. The summed E-state index contributed by atoms with van der Waals surface area (Å²) in [5, 5.41) is 6.82. The molecule has 0 radical (unpaired) electrons. The summed E-state index contributed by atoms with van der Waals surface area (Å²) in [5.41, 5.74) is 1.92. The number of urea groups is 1. The molecule has 1 aromatic carbocycles. The molecule has 1 atom stereocenters. The lowest BCUT2D eigenvalue weighted by molar-refractivity contribution is 0.112. The SMILES string of the molecule is COCCn1ccc2cc(NC(=O)NC[C@H]3CCCO3)ccc21. The molecule has 23 heavy (non-hydrogen) atoms. The lowest BCUT2D eigenvalue weighted by atomic mass is 10.2. The summed E-state index contributed by atoms with van der Waals surface area (Å²) < 4.78 is 12.7. The number of nitrogens with one attached hydrogen (secondary N) is 2. The third-order valence-corrected chi connectivity index (χ3v) is 4.08. The van der Waals surface area contributed by atoms with Gasteiger partial charge in [0.25, 0.3) is 0 Å². The number of rotatable bonds is 6. The first-order valence-electron chi connectivity index (χ1n) is 8.00. The molecular formula is C17H23N3O3. The number of ether oxygens (including phenoxy) is 2. The third kappa shape index (κ3) is 4.03. The zero-order chi connectivity index (χ0) is 16.1. The fraction of sp³-hybridized carbons (Fsp3) is 0.471. The zero-order valence-corrected chi connectivity index (χ0v) is 13.4. The van der Waals surface area contributed by atoms with Crippen LogP contribution in [0.15, 0.2) is 30.5 Å². The number of amides is 2. The lowest BCUT2D eigenvalue weighted by Crippen LogP contribution is -2.35. The standard InChI is InChI=1S/C17H23N3O3/c1-22-10-8-20-7-6-13-11-14(4-5-16(13)20)19-17(21)18-12-15-3-2-9-23-15/h4-7,11,15H,2-3,8-10,12H2,1H3,(H2,18,19,21)/t15-/m1/s1. The van der Waals surface area contributed by atoms with Gasteiger partial charge >= 0.3 is 6.03 Å². The average Bonchev–Trinajstić information content (AvgIpc) is 3.20. The molecule has 1 aliphatic rings. The van der Waals surface area contributed by atoms with E-state index in [1.165, 1.54) is 0 Å². The first-order chi connectivity index (χ1) is 11.3. The molecule has 3 rings (SSSR count). The minimum Gasteiger partial charge on any atom is -0.383 e. The third-order valence-electron chi connectivity index (χ3n) is 4.08. The van der Waals surface area contributed by atoms with Crippen molar-refractivity contribution in [2.24, 2.45) is 0 Å². The Labute approximate surface area is 135 Å². The molecule has 2 aromatic rings. The minimum atomic E-state index is -0.196. The van der Waals surface area contributed by atoms with E-state index in [2.05, 4.69) is 15.2 Å². The fourth-order valence-electron chi connectivity index (χ4n) is 2.85. The quantitative estimate of drug-likeness (QED) is 0.861. The van der Waals surface area contributed by atoms with Crippen LogP contribution in [-0.4, -0.2) is 43.6 Å². The van der Waals surface area contributed by atoms with Crippen LogP contribution in [0.4, 0.5) is 10.5 Å². The van der Waals surface area contributed by atoms with Crippen molar-refractivity contribution in [2.45, 2.75) is 25.5 Å². The maximum atomic E-state index is 12.0. The van der Waals surface area contributed by atoms with Crippen LogP contribution in [0.25, 0.3) is 10.9 Å². The van der Waals surface area contributed by atoms with Gasteiger partial charge in [-0.15, -0.1) is 0 Å². The van der Waals surface area contributed by atoms with Gasteiger partial charge in [0.15, 0.2) is 0 Å². The number of fused-ring (bicyclic) bond motifs is 1. The highest BCUT2D eigenvalue weighted by Gasteiger charge is 2.16. The Balaban J connectivity index is 1.58.